The normalized spacial score (nSPS) is 11.1. The van der Waals surface area contributed by atoms with Gasteiger partial charge in [-0.05, 0) is 24.5 Å². The van der Waals surface area contributed by atoms with Gasteiger partial charge in [0.25, 0.3) is 0 Å². The maximum Gasteiger partial charge on any atom is 0.241 e. The van der Waals surface area contributed by atoms with E-state index < -0.39 is 0 Å². The molecular formula is C17H23N3O3. The van der Waals surface area contributed by atoms with Crippen molar-refractivity contribution in [2.24, 2.45) is 5.92 Å². The number of rotatable bonds is 8. The van der Waals surface area contributed by atoms with Crippen LogP contribution in [-0.2, 0) is 16.1 Å². The third-order valence-electron chi connectivity index (χ3n) is 3.29. The number of para-hydroxylation sites is 1. The lowest BCUT2D eigenvalue weighted by Gasteiger charge is -2.10. The van der Waals surface area contributed by atoms with Crippen molar-refractivity contribution in [3.8, 4) is 0 Å². The molecule has 1 amide bonds. The third kappa shape index (κ3) is 5.17. The number of amides is 1. The molecule has 1 aromatic carbocycles. The van der Waals surface area contributed by atoms with Crippen molar-refractivity contribution in [3.05, 3.63) is 40.7 Å². The minimum absolute atomic E-state index is 0.0909. The Kier molecular flexibility index (Phi) is 6.29. The second-order valence-corrected chi connectivity index (χ2v) is 5.86. The predicted octanol–water partition coefficient (Wildman–Crippen LogP) is 1.58. The Hall–Kier alpha value is -2.21. The Morgan fingerprint density at radius 2 is 2.13 bits per heavy atom. The first-order chi connectivity index (χ1) is 11.1. The molecule has 2 aromatic rings. The van der Waals surface area contributed by atoms with Crippen LogP contribution in [0.15, 0.2) is 35.3 Å². The van der Waals surface area contributed by atoms with Crippen LogP contribution in [0.3, 0.4) is 0 Å². The zero-order valence-corrected chi connectivity index (χ0v) is 13.6. The molecule has 0 aliphatic rings. The average Bonchev–Trinajstić information content (AvgIpc) is 2.53. The number of hydrogen-bond donors (Lipinski definition) is 1. The zero-order chi connectivity index (χ0) is 16.7. The van der Waals surface area contributed by atoms with E-state index in [1.165, 1.54) is 6.20 Å². The van der Waals surface area contributed by atoms with Crippen LogP contribution in [0.25, 0.3) is 10.9 Å². The number of aromatic nitrogens is 2. The number of hydrogen-bond acceptors (Lipinski definition) is 4. The summed E-state index contributed by atoms with van der Waals surface area (Å²) < 4.78 is 7.01. The molecule has 6 nitrogen and oxygen atoms in total. The molecule has 0 fully saturated rings. The molecule has 0 bridgehead atoms. The Morgan fingerprint density at radius 1 is 1.35 bits per heavy atom. The summed E-state index contributed by atoms with van der Waals surface area (Å²) in [6.45, 7) is 6.23. The first kappa shape index (κ1) is 17.1. The van der Waals surface area contributed by atoms with E-state index in [0.29, 0.717) is 30.0 Å². The fourth-order valence-corrected chi connectivity index (χ4v) is 2.20. The van der Waals surface area contributed by atoms with Gasteiger partial charge in [0.15, 0.2) is 0 Å². The van der Waals surface area contributed by atoms with Crippen LogP contribution in [-0.4, -0.2) is 35.4 Å². The van der Waals surface area contributed by atoms with E-state index in [2.05, 4.69) is 24.3 Å². The van der Waals surface area contributed by atoms with E-state index >= 15 is 0 Å². The first-order valence-electron chi connectivity index (χ1n) is 7.87. The Labute approximate surface area is 135 Å². The Morgan fingerprint density at radius 3 is 2.91 bits per heavy atom. The molecule has 0 atom stereocenters. The molecule has 23 heavy (non-hydrogen) atoms. The fourth-order valence-electron chi connectivity index (χ4n) is 2.20. The topological polar surface area (TPSA) is 73.2 Å². The Balaban J connectivity index is 1.84. The summed E-state index contributed by atoms with van der Waals surface area (Å²) in [6.07, 6.45) is 2.02. The lowest BCUT2D eigenvalue weighted by atomic mass is 10.2. The molecule has 0 aliphatic carbocycles. The molecule has 0 spiro atoms. The predicted molar refractivity (Wildman–Crippen MR) is 89.3 cm³/mol. The SMILES string of the molecule is CC(C)COCCCNC(=O)Cn1ncc(=O)c2ccccc21. The van der Waals surface area contributed by atoms with Crippen LogP contribution in [0.4, 0.5) is 0 Å². The maximum atomic E-state index is 12.0. The molecule has 1 heterocycles. The van der Waals surface area contributed by atoms with Gasteiger partial charge in [-0.25, -0.2) is 0 Å². The van der Waals surface area contributed by atoms with E-state index in [-0.39, 0.29) is 17.9 Å². The van der Waals surface area contributed by atoms with Gasteiger partial charge in [-0.3, -0.25) is 14.3 Å². The first-order valence-corrected chi connectivity index (χ1v) is 7.87. The van der Waals surface area contributed by atoms with Crippen molar-refractivity contribution in [1.29, 1.82) is 0 Å². The van der Waals surface area contributed by atoms with Crippen LogP contribution in [0.2, 0.25) is 0 Å². The largest absolute Gasteiger partial charge is 0.381 e. The standard InChI is InChI=1S/C17H23N3O3/c1-13(2)12-23-9-5-8-18-17(22)11-20-15-7-4-3-6-14(15)16(21)10-19-20/h3-4,6-7,10,13H,5,8-9,11-12H2,1-2H3,(H,18,22). The number of fused-ring (bicyclic) bond motifs is 1. The summed E-state index contributed by atoms with van der Waals surface area (Å²) in [5, 5.41) is 7.45. The average molecular weight is 317 g/mol. The van der Waals surface area contributed by atoms with Crippen molar-refractivity contribution >= 4 is 16.8 Å². The number of nitrogens with one attached hydrogen (secondary N) is 1. The Bertz CT molecular complexity index is 710. The fraction of sp³-hybridized carbons (Fsp3) is 0.471. The molecule has 2 rings (SSSR count). The van der Waals surface area contributed by atoms with E-state index in [1.807, 2.05) is 6.07 Å². The summed E-state index contributed by atoms with van der Waals surface area (Å²) in [4.78, 5) is 23.7. The van der Waals surface area contributed by atoms with Gasteiger partial charge in [-0.15, -0.1) is 0 Å². The van der Waals surface area contributed by atoms with Crippen LogP contribution in [0.1, 0.15) is 20.3 Å². The molecule has 0 saturated heterocycles. The molecular weight excluding hydrogens is 294 g/mol. The molecule has 6 heteroatoms. The quantitative estimate of drug-likeness (QED) is 0.750. The van der Waals surface area contributed by atoms with Gasteiger partial charge in [-0.1, -0.05) is 26.0 Å². The lowest BCUT2D eigenvalue weighted by Crippen LogP contribution is -2.30. The summed E-state index contributed by atoms with van der Waals surface area (Å²) in [5.74, 6) is 0.388. The van der Waals surface area contributed by atoms with Crippen LogP contribution in [0, 0.1) is 5.92 Å². The number of benzene rings is 1. The second-order valence-electron chi connectivity index (χ2n) is 5.86. The van der Waals surface area contributed by atoms with Crippen LogP contribution < -0.4 is 10.7 Å². The molecule has 124 valence electrons. The lowest BCUT2D eigenvalue weighted by molar-refractivity contribution is -0.121. The van der Waals surface area contributed by atoms with Crippen molar-refractivity contribution in [1.82, 2.24) is 15.1 Å². The van der Waals surface area contributed by atoms with Gasteiger partial charge < -0.3 is 10.1 Å². The van der Waals surface area contributed by atoms with Crippen molar-refractivity contribution in [3.63, 3.8) is 0 Å². The minimum atomic E-state index is -0.139. The van der Waals surface area contributed by atoms with Gasteiger partial charge in [0, 0.05) is 25.1 Å². The summed E-state index contributed by atoms with van der Waals surface area (Å²) in [5.41, 5.74) is 0.523. The second kappa shape index (κ2) is 8.43. The van der Waals surface area contributed by atoms with Crippen molar-refractivity contribution < 1.29 is 9.53 Å². The molecule has 0 aliphatic heterocycles. The van der Waals surface area contributed by atoms with E-state index in [1.54, 1.807) is 22.9 Å². The molecule has 0 unspecified atom stereocenters. The van der Waals surface area contributed by atoms with Gasteiger partial charge >= 0.3 is 0 Å². The summed E-state index contributed by atoms with van der Waals surface area (Å²) >= 11 is 0. The molecule has 0 saturated carbocycles. The highest BCUT2D eigenvalue weighted by molar-refractivity contribution is 5.81. The smallest absolute Gasteiger partial charge is 0.241 e. The highest BCUT2D eigenvalue weighted by Crippen LogP contribution is 2.07. The summed E-state index contributed by atoms with van der Waals surface area (Å²) in [7, 11) is 0. The van der Waals surface area contributed by atoms with E-state index in [0.717, 1.165) is 13.0 Å². The van der Waals surface area contributed by atoms with Gasteiger partial charge in [0.2, 0.25) is 11.3 Å². The van der Waals surface area contributed by atoms with Crippen LogP contribution >= 0.6 is 0 Å². The highest BCUT2D eigenvalue weighted by atomic mass is 16.5. The number of carbonyl (C=O) groups excluding carboxylic acids is 1. The van der Waals surface area contributed by atoms with Gasteiger partial charge in [0.05, 0.1) is 11.7 Å². The number of ether oxygens (including phenoxy) is 1. The number of nitrogens with zero attached hydrogens (tertiary/aromatic N) is 2. The molecule has 1 N–H and O–H groups in total. The van der Waals surface area contributed by atoms with Crippen molar-refractivity contribution in [2.45, 2.75) is 26.8 Å². The highest BCUT2D eigenvalue weighted by Gasteiger charge is 2.07. The van der Waals surface area contributed by atoms with Crippen molar-refractivity contribution in [2.75, 3.05) is 19.8 Å². The molecule has 1 aromatic heterocycles. The minimum Gasteiger partial charge on any atom is -0.381 e. The third-order valence-corrected chi connectivity index (χ3v) is 3.29. The van der Waals surface area contributed by atoms with Gasteiger partial charge in [-0.2, -0.15) is 5.10 Å². The maximum absolute atomic E-state index is 12.0. The summed E-state index contributed by atoms with van der Waals surface area (Å²) in [6, 6.07) is 7.14. The molecule has 0 radical (unpaired) electrons. The monoisotopic (exact) mass is 317 g/mol. The number of carbonyl (C=O) groups is 1. The zero-order valence-electron chi connectivity index (χ0n) is 13.6. The van der Waals surface area contributed by atoms with Crippen LogP contribution in [0.5, 0.6) is 0 Å². The van der Waals surface area contributed by atoms with Gasteiger partial charge in [0.1, 0.15) is 6.54 Å². The van der Waals surface area contributed by atoms with E-state index in [9.17, 15) is 9.59 Å². The van der Waals surface area contributed by atoms with E-state index in [4.69, 9.17) is 4.74 Å².